The summed E-state index contributed by atoms with van der Waals surface area (Å²) in [6, 6.07) is -0.579. The van der Waals surface area contributed by atoms with Gasteiger partial charge in [0.2, 0.25) is 5.91 Å². The van der Waals surface area contributed by atoms with Crippen LogP contribution >= 0.6 is 0 Å². The highest BCUT2D eigenvalue weighted by Crippen LogP contribution is 2.18. The quantitative estimate of drug-likeness (QED) is 0.0321. The molecule has 0 aliphatic heterocycles. The van der Waals surface area contributed by atoms with E-state index in [0.717, 1.165) is 70.6 Å². The van der Waals surface area contributed by atoms with Gasteiger partial charge >= 0.3 is 5.97 Å². The zero-order chi connectivity index (χ0) is 45.8. The van der Waals surface area contributed by atoms with E-state index in [2.05, 4.69) is 31.3 Å². The minimum atomic E-state index is -0.695. The first-order valence-corrected chi connectivity index (χ1v) is 28.4. The molecule has 0 bridgehead atoms. The molecule has 0 saturated heterocycles. The third-order valence-electron chi connectivity index (χ3n) is 13.3. The van der Waals surface area contributed by atoms with E-state index in [-0.39, 0.29) is 18.5 Å². The SMILES string of the molecule is CCCCCCCCCCCCCCCCCCCCCCCCCCC(O)C(CO)NC(=O)CCC/C=C\CCCCCCOC(=O)CCCCCCCCCCCCCCC. The van der Waals surface area contributed by atoms with Gasteiger partial charge in [0.25, 0.3) is 0 Å². The van der Waals surface area contributed by atoms with Gasteiger partial charge in [-0.3, -0.25) is 9.59 Å². The first kappa shape index (κ1) is 61.6. The lowest BCUT2D eigenvalue weighted by molar-refractivity contribution is -0.143. The van der Waals surface area contributed by atoms with Crippen molar-refractivity contribution in [3.05, 3.63) is 12.2 Å². The molecule has 0 fully saturated rings. The van der Waals surface area contributed by atoms with Gasteiger partial charge in [-0.1, -0.05) is 270 Å². The van der Waals surface area contributed by atoms with Gasteiger partial charge in [-0.25, -0.2) is 0 Å². The number of esters is 1. The Balaban J connectivity index is 3.50. The van der Waals surface area contributed by atoms with Gasteiger partial charge < -0.3 is 20.3 Å². The molecule has 1 amide bonds. The summed E-state index contributed by atoms with van der Waals surface area (Å²) in [7, 11) is 0. The summed E-state index contributed by atoms with van der Waals surface area (Å²) in [4.78, 5) is 24.5. The number of carbonyl (C=O) groups excluding carboxylic acids is 2. The highest BCUT2D eigenvalue weighted by atomic mass is 16.5. The molecule has 0 aromatic heterocycles. The molecule has 0 aliphatic rings. The van der Waals surface area contributed by atoms with Crippen molar-refractivity contribution in [2.75, 3.05) is 13.2 Å². The van der Waals surface area contributed by atoms with Crippen molar-refractivity contribution in [3.63, 3.8) is 0 Å². The molecule has 0 spiro atoms. The van der Waals surface area contributed by atoms with E-state index >= 15 is 0 Å². The van der Waals surface area contributed by atoms with Crippen LogP contribution in [-0.4, -0.2) is 47.4 Å². The zero-order valence-electron chi connectivity index (χ0n) is 42.6. The Kier molecular flexibility index (Phi) is 52.0. The lowest BCUT2D eigenvalue weighted by Gasteiger charge is -2.22. The van der Waals surface area contributed by atoms with E-state index in [4.69, 9.17) is 4.74 Å². The highest BCUT2D eigenvalue weighted by Gasteiger charge is 2.20. The predicted octanol–water partition coefficient (Wildman–Crippen LogP) is 17.3. The molecule has 6 heteroatoms. The number of aliphatic hydroxyl groups excluding tert-OH is 2. The van der Waals surface area contributed by atoms with Crippen molar-refractivity contribution < 1.29 is 24.5 Å². The van der Waals surface area contributed by atoms with E-state index in [0.29, 0.717) is 25.9 Å². The van der Waals surface area contributed by atoms with E-state index in [9.17, 15) is 19.8 Å². The summed E-state index contributed by atoms with van der Waals surface area (Å²) in [6.45, 7) is 4.88. The topological polar surface area (TPSA) is 95.9 Å². The largest absolute Gasteiger partial charge is 0.466 e. The van der Waals surface area contributed by atoms with Gasteiger partial charge in [-0.05, 0) is 44.9 Å². The number of ether oxygens (including phenoxy) is 1. The second-order valence-electron chi connectivity index (χ2n) is 19.6. The smallest absolute Gasteiger partial charge is 0.305 e. The number of allylic oxidation sites excluding steroid dienone is 2. The third kappa shape index (κ3) is 49.9. The van der Waals surface area contributed by atoms with Crippen LogP contribution in [0.1, 0.15) is 316 Å². The Morgan fingerprint density at radius 1 is 0.429 bits per heavy atom. The van der Waals surface area contributed by atoms with E-state index in [1.807, 2.05) is 0 Å². The standard InChI is InChI=1S/C57H111NO5/c1-3-5-7-9-11-13-15-17-18-19-20-21-22-23-24-25-26-27-29-30-33-37-41-45-49-55(60)54(53-59)58-56(61)50-46-42-38-34-32-36-40-44-48-52-63-57(62)51-47-43-39-35-31-28-16-14-12-10-8-6-4-2/h34,38,54-55,59-60H,3-33,35-37,39-53H2,1-2H3,(H,58,61)/b38-34-. The molecule has 0 radical (unpaired) electrons. The summed E-state index contributed by atoms with van der Waals surface area (Å²) in [6.07, 6.45) is 62.1. The van der Waals surface area contributed by atoms with Crippen LogP contribution < -0.4 is 5.32 Å². The van der Waals surface area contributed by atoms with E-state index < -0.39 is 12.1 Å². The molecule has 63 heavy (non-hydrogen) atoms. The molecule has 2 atom stereocenters. The first-order valence-electron chi connectivity index (χ1n) is 28.4. The van der Waals surface area contributed by atoms with Gasteiger partial charge in [0.1, 0.15) is 0 Å². The monoisotopic (exact) mass is 890 g/mol. The maximum absolute atomic E-state index is 12.5. The molecule has 374 valence electrons. The zero-order valence-corrected chi connectivity index (χ0v) is 42.6. The molecule has 0 aliphatic carbocycles. The third-order valence-corrected chi connectivity index (χ3v) is 13.3. The summed E-state index contributed by atoms with van der Waals surface area (Å²) in [5.74, 6) is -0.125. The number of unbranched alkanes of at least 4 members (excludes halogenated alkanes) is 40. The van der Waals surface area contributed by atoms with Crippen LogP contribution in [-0.2, 0) is 14.3 Å². The molecule has 3 N–H and O–H groups in total. The van der Waals surface area contributed by atoms with Gasteiger partial charge in [-0.15, -0.1) is 0 Å². The minimum Gasteiger partial charge on any atom is -0.466 e. The summed E-state index contributed by atoms with van der Waals surface area (Å²) < 4.78 is 5.44. The van der Waals surface area contributed by atoms with Crippen molar-refractivity contribution in [3.8, 4) is 0 Å². The van der Waals surface area contributed by atoms with Gasteiger partial charge in [0, 0.05) is 12.8 Å². The molecule has 2 unspecified atom stereocenters. The Morgan fingerprint density at radius 2 is 0.762 bits per heavy atom. The van der Waals surface area contributed by atoms with Gasteiger partial charge in [0.15, 0.2) is 0 Å². The molecule has 0 aromatic rings. The Morgan fingerprint density at radius 3 is 1.16 bits per heavy atom. The number of carbonyl (C=O) groups is 2. The Labute approximate surface area is 393 Å². The van der Waals surface area contributed by atoms with Crippen LogP contribution in [0.2, 0.25) is 0 Å². The number of amides is 1. The van der Waals surface area contributed by atoms with Crippen molar-refractivity contribution >= 4 is 11.9 Å². The predicted molar refractivity (Wildman–Crippen MR) is 273 cm³/mol. The fraction of sp³-hybridized carbons (Fsp3) is 0.930. The maximum Gasteiger partial charge on any atom is 0.305 e. The van der Waals surface area contributed by atoms with Crippen molar-refractivity contribution in [2.24, 2.45) is 0 Å². The minimum absolute atomic E-state index is 0.0330. The first-order chi connectivity index (χ1) is 31.0. The maximum atomic E-state index is 12.5. The highest BCUT2D eigenvalue weighted by molar-refractivity contribution is 5.76. The average Bonchev–Trinajstić information content (AvgIpc) is 3.28. The Bertz CT molecular complexity index is 939. The van der Waals surface area contributed by atoms with Crippen LogP contribution in [0, 0.1) is 0 Å². The second kappa shape index (κ2) is 53.2. The number of aliphatic hydroxyl groups is 2. The number of nitrogens with one attached hydrogen (secondary N) is 1. The lowest BCUT2D eigenvalue weighted by atomic mass is 10.0. The van der Waals surface area contributed by atoms with E-state index in [1.54, 1.807) is 0 Å². The van der Waals surface area contributed by atoms with Crippen LogP contribution in [0.3, 0.4) is 0 Å². The molecular formula is C57H111NO5. The second-order valence-corrected chi connectivity index (χ2v) is 19.6. The lowest BCUT2D eigenvalue weighted by Crippen LogP contribution is -2.45. The molecule has 0 heterocycles. The van der Waals surface area contributed by atoms with Crippen LogP contribution in [0.15, 0.2) is 12.2 Å². The van der Waals surface area contributed by atoms with Crippen molar-refractivity contribution in [1.82, 2.24) is 5.32 Å². The summed E-state index contributed by atoms with van der Waals surface area (Å²) in [5.41, 5.74) is 0. The van der Waals surface area contributed by atoms with Crippen LogP contribution in [0.5, 0.6) is 0 Å². The van der Waals surface area contributed by atoms with Crippen LogP contribution in [0.4, 0.5) is 0 Å². The van der Waals surface area contributed by atoms with Gasteiger partial charge in [0.05, 0.1) is 25.4 Å². The van der Waals surface area contributed by atoms with Crippen LogP contribution in [0.25, 0.3) is 0 Å². The molecule has 0 saturated carbocycles. The number of hydrogen-bond donors (Lipinski definition) is 3. The normalized spacial score (nSPS) is 12.6. The van der Waals surface area contributed by atoms with Gasteiger partial charge in [-0.2, -0.15) is 0 Å². The number of rotatable bonds is 53. The van der Waals surface area contributed by atoms with Crippen molar-refractivity contribution in [1.29, 1.82) is 0 Å². The Hall–Kier alpha value is -1.40. The molecule has 6 nitrogen and oxygen atoms in total. The molecular weight excluding hydrogens is 779 g/mol. The average molecular weight is 891 g/mol. The summed E-state index contributed by atoms with van der Waals surface area (Å²) in [5, 5.41) is 23.3. The summed E-state index contributed by atoms with van der Waals surface area (Å²) >= 11 is 0. The molecule has 0 rings (SSSR count). The number of hydrogen-bond acceptors (Lipinski definition) is 5. The van der Waals surface area contributed by atoms with E-state index in [1.165, 1.54) is 212 Å². The fourth-order valence-corrected chi connectivity index (χ4v) is 8.94. The van der Waals surface area contributed by atoms with Crippen molar-refractivity contribution in [2.45, 2.75) is 328 Å². The fourth-order valence-electron chi connectivity index (χ4n) is 8.94. The molecule has 0 aromatic carbocycles.